The molecule has 11 rings (SSSR count). The second-order valence-corrected chi connectivity index (χ2v) is 22.9. The summed E-state index contributed by atoms with van der Waals surface area (Å²) in [5.41, 5.74) is 4.24. The second-order valence-electron chi connectivity index (χ2n) is 21.8. The number of alkyl carbamates (subject to hydrolysis) is 2. The van der Waals surface area contributed by atoms with Gasteiger partial charge in [0.15, 0.2) is 0 Å². The third kappa shape index (κ3) is 9.78. The Balaban J connectivity index is 0.901. The fourth-order valence-electron chi connectivity index (χ4n) is 12.4. The minimum absolute atomic E-state index is 0.0809. The van der Waals surface area contributed by atoms with Crippen molar-refractivity contribution in [3.63, 3.8) is 0 Å². The number of nitrogens with one attached hydrogen (secondary N) is 4. The number of fused-ring (bicyclic) bond motifs is 5. The van der Waals surface area contributed by atoms with Crippen LogP contribution in [0, 0.1) is 17.7 Å². The molecule has 4 aromatic heterocycles. The van der Waals surface area contributed by atoms with E-state index >= 15 is 4.39 Å². The van der Waals surface area contributed by atoms with Gasteiger partial charge in [0.25, 0.3) is 0 Å². The van der Waals surface area contributed by atoms with Crippen molar-refractivity contribution in [2.45, 2.75) is 140 Å². The van der Waals surface area contributed by atoms with E-state index in [0.29, 0.717) is 84.8 Å². The lowest BCUT2D eigenvalue weighted by atomic mass is 9.82. The van der Waals surface area contributed by atoms with Crippen molar-refractivity contribution < 1.29 is 42.8 Å². The number of aromatic amines is 2. The van der Waals surface area contributed by atoms with Crippen LogP contribution in [-0.2, 0) is 19.0 Å². The van der Waals surface area contributed by atoms with Crippen LogP contribution in [0.15, 0.2) is 55.0 Å². The van der Waals surface area contributed by atoms with Crippen LogP contribution in [0.25, 0.3) is 44.7 Å². The first-order valence-electron chi connectivity index (χ1n) is 26.5. The molecule has 8 heterocycles. The number of rotatable bonds is 13. The van der Waals surface area contributed by atoms with Gasteiger partial charge in [0.05, 0.1) is 88.4 Å². The molecule has 398 valence electrons. The molecule has 1 saturated carbocycles. The van der Waals surface area contributed by atoms with Crippen LogP contribution in [0.1, 0.15) is 138 Å². The molecule has 3 amide bonds. The van der Waals surface area contributed by atoms with Crippen molar-refractivity contribution in [2.24, 2.45) is 11.8 Å². The summed E-state index contributed by atoms with van der Waals surface area (Å²) in [5.74, 6) is 1.27. The molecule has 3 saturated heterocycles. The average Bonchev–Trinajstić information content (AvgIpc) is 4.32. The molecule has 7 atom stereocenters. The van der Waals surface area contributed by atoms with Gasteiger partial charge in [0.1, 0.15) is 35.5 Å². The molecule has 75 heavy (non-hydrogen) atoms. The number of imidazole rings is 2. The van der Waals surface area contributed by atoms with Gasteiger partial charge in [-0.15, -0.1) is 11.3 Å². The summed E-state index contributed by atoms with van der Waals surface area (Å²) in [4.78, 5) is 65.5. The summed E-state index contributed by atoms with van der Waals surface area (Å²) in [6, 6.07) is 9.58. The number of aromatic nitrogens is 6. The highest BCUT2D eigenvalue weighted by Gasteiger charge is 2.44. The number of methoxy groups -OCH3 is 2. The van der Waals surface area contributed by atoms with Crippen LogP contribution in [0.2, 0.25) is 0 Å². The minimum atomic E-state index is -0.995. The van der Waals surface area contributed by atoms with E-state index in [-0.39, 0.29) is 29.8 Å². The van der Waals surface area contributed by atoms with Crippen LogP contribution in [0.3, 0.4) is 0 Å². The van der Waals surface area contributed by atoms with E-state index < -0.39 is 48.1 Å². The lowest BCUT2D eigenvalue weighted by molar-refractivity contribution is -0.139. The quantitative estimate of drug-likeness (QED) is 0.0731. The number of hydrogen-bond donors (Lipinski definition) is 5. The molecule has 4 fully saturated rings. The van der Waals surface area contributed by atoms with E-state index in [1.165, 1.54) is 33.1 Å². The van der Waals surface area contributed by atoms with E-state index in [2.05, 4.69) is 31.2 Å². The molecule has 6 aromatic rings. The predicted molar refractivity (Wildman–Crippen MR) is 279 cm³/mol. The number of benzene rings is 2. The van der Waals surface area contributed by atoms with Gasteiger partial charge in [-0.2, -0.15) is 0 Å². The monoisotopic (exact) mass is 1050 g/mol. The van der Waals surface area contributed by atoms with Crippen LogP contribution in [0.4, 0.5) is 14.0 Å². The Morgan fingerprint density at radius 2 is 1.56 bits per heavy atom. The zero-order valence-electron chi connectivity index (χ0n) is 43.4. The van der Waals surface area contributed by atoms with Gasteiger partial charge in [0.2, 0.25) is 12.1 Å². The van der Waals surface area contributed by atoms with Crippen LogP contribution >= 0.6 is 11.3 Å². The van der Waals surface area contributed by atoms with Gasteiger partial charge < -0.3 is 49.6 Å². The zero-order valence-corrected chi connectivity index (χ0v) is 44.2. The molecular weight excluding hydrogens is 980 g/mol. The van der Waals surface area contributed by atoms with Crippen molar-refractivity contribution in [2.75, 3.05) is 33.9 Å². The number of halogens is 1. The first-order valence-corrected chi connectivity index (χ1v) is 27.3. The lowest BCUT2D eigenvalue weighted by Gasteiger charge is -2.40. The number of nitrogens with zero attached hydrogens (tertiary/aromatic N) is 6. The Bertz CT molecular complexity index is 3090. The van der Waals surface area contributed by atoms with Crippen molar-refractivity contribution in [3.05, 3.63) is 82.3 Å². The summed E-state index contributed by atoms with van der Waals surface area (Å²) < 4.78 is 41.9. The van der Waals surface area contributed by atoms with E-state index in [4.69, 9.17) is 33.9 Å². The van der Waals surface area contributed by atoms with Crippen molar-refractivity contribution in [3.8, 4) is 39.5 Å². The lowest BCUT2D eigenvalue weighted by Crippen LogP contribution is -2.54. The van der Waals surface area contributed by atoms with Gasteiger partial charge in [-0.05, 0) is 107 Å². The fraction of sp³-hybridized carbons (Fsp3) is 0.527. The molecule has 20 heteroatoms. The van der Waals surface area contributed by atoms with Crippen molar-refractivity contribution >= 4 is 40.3 Å². The highest BCUT2D eigenvalue weighted by molar-refractivity contribution is 7.11. The van der Waals surface area contributed by atoms with Crippen LogP contribution in [0.5, 0.6) is 5.75 Å². The molecule has 5 aliphatic rings. The van der Waals surface area contributed by atoms with E-state index in [9.17, 15) is 19.5 Å². The maximum Gasteiger partial charge on any atom is 0.407 e. The number of H-pyrrole nitrogens is 2. The Hall–Kier alpha value is -6.35. The van der Waals surface area contributed by atoms with Crippen molar-refractivity contribution in [1.29, 1.82) is 0 Å². The average molecular weight is 1050 g/mol. The predicted octanol–water partition coefficient (Wildman–Crippen LogP) is 9.71. The van der Waals surface area contributed by atoms with Gasteiger partial charge in [0, 0.05) is 48.3 Å². The standard InChI is InChI=1S/C55H67FN10O8S/c1-29(2)45(62-53(69)71-5)50(67)64-18-9-13-39(64)48-58-27-37(61-48)33-22-35(56)44-41-23-34-21-31(15-16-38(34)66(41)52(74-42(44)24-33)43-28-59-49(75-43)30-11-7-8-12-30)36-26-57-47(60-36)40-14-10-19-65(40)51(68)46(63-54(70)72-6)32-17-20-73-55(3,4)25-32/h15-16,21-24,26-30,32,39-40,45-46,50,52,67H,7-14,17-20,25H2,1-6H3,(H,57,60)(H,58,61)(H,62,69)(H,63,70)/t32?,39-,40-,45-,46?,50?,52?/m0/s1. The van der Waals surface area contributed by atoms with Gasteiger partial charge in [-0.25, -0.2) is 28.9 Å². The highest BCUT2D eigenvalue weighted by Crippen LogP contribution is 2.49. The fourth-order valence-corrected chi connectivity index (χ4v) is 13.5. The van der Waals surface area contributed by atoms with E-state index in [1.54, 1.807) is 23.7 Å². The third-order valence-electron chi connectivity index (χ3n) is 16.2. The number of thiazole rings is 1. The van der Waals surface area contributed by atoms with Crippen LogP contribution in [-0.4, -0.2) is 120 Å². The number of aliphatic hydroxyl groups excluding tert-OH is 1. The normalized spacial score (nSPS) is 22.9. The maximum atomic E-state index is 17.1. The Kier molecular flexibility index (Phi) is 14.0. The summed E-state index contributed by atoms with van der Waals surface area (Å²) in [6.07, 6.45) is 11.4. The largest absolute Gasteiger partial charge is 0.464 e. The topological polar surface area (TPSA) is 214 Å². The molecule has 0 radical (unpaired) electrons. The van der Waals surface area contributed by atoms with E-state index in [0.717, 1.165) is 64.1 Å². The third-order valence-corrected chi connectivity index (χ3v) is 17.4. The molecular formula is C55H67FN10O8S. The van der Waals surface area contributed by atoms with Gasteiger partial charge in [-0.1, -0.05) is 32.8 Å². The molecule has 4 aliphatic heterocycles. The first kappa shape index (κ1) is 50.8. The van der Waals surface area contributed by atoms with Crippen molar-refractivity contribution in [1.82, 2.24) is 49.9 Å². The summed E-state index contributed by atoms with van der Waals surface area (Å²) in [7, 11) is 2.60. The van der Waals surface area contributed by atoms with Crippen LogP contribution < -0.4 is 15.4 Å². The Morgan fingerprint density at radius 3 is 2.29 bits per heavy atom. The Labute approximate surface area is 439 Å². The molecule has 1 aliphatic carbocycles. The second kappa shape index (κ2) is 20.6. The SMILES string of the molecule is COC(=O)NC(C(=O)N1CCC[C@H]1c1ncc(-c2ccc3c(c2)cc2n3C(c3cnc(C4CCCC4)s3)Oc3cc(-c4cnc([C@@H]5CCCN5C(O)[C@@H](NC(=O)OC)C(C)C)[nH]4)cc(F)c3-2)[nH]1)C1CCOC(C)(C)C1. The number of likely N-dealkylation sites (tertiary alicyclic amines) is 2. The smallest absolute Gasteiger partial charge is 0.407 e. The number of carbonyl (C=O) groups is 3. The molecule has 0 spiro atoms. The Morgan fingerprint density at radius 1 is 0.853 bits per heavy atom. The number of aliphatic hydroxyl groups is 1. The highest BCUT2D eigenvalue weighted by atomic mass is 32.1. The summed E-state index contributed by atoms with van der Waals surface area (Å²) in [6.45, 7) is 9.51. The first-order chi connectivity index (χ1) is 36.2. The number of amides is 3. The molecule has 4 unspecified atom stereocenters. The molecule has 2 aromatic carbocycles. The number of ether oxygens (including phenoxy) is 4. The van der Waals surface area contributed by atoms with Gasteiger partial charge >= 0.3 is 12.2 Å². The molecule has 5 N–H and O–H groups in total. The number of hydrogen-bond acceptors (Lipinski definition) is 13. The number of carbonyl (C=O) groups excluding carboxylic acids is 3. The minimum Gasteiger partial charge on any atom is -0.464 e. The summed E-state index contributed by atoms with van der Waals surface area (Å²) in [5, 5.41) is 19.2. The zero-order chi connectivity index (χ0) is 52.3. The maximum absolute atomic E-state index is 17.1. The van der Waals surface area contributed by atoms with Gasteiger partial charge in [-0.3, -0.25) is 14.3 Å². The molecule has 18 nitrogen and oxygen atoms in total. The summed E-state index contributed by atoms with van der Waals surface area (Å²) >= 11 is 1.65. The molecule has 0 bridgehead atoms. The van der Waals surface area contributed by atoms with E-state index in [1.807, 2.05) is 68.0 Å².